The fourth-order valence-corrected chi connectivity index (χ4v) is 2.43. The van der Waals surface area contributed by atoms with Gasteiger partial charge in [0.05, 0.1) is 13.0 Å². The Kier molecular flexibility index (Phi) is 5.80. The van der Waals surface area contributed by atoms with E-state index in [4.69, 9.17) is 4.74 Å². The number of anilines is 1. The molecular weight excluding hydrogens is 318 g/mol. The Labute approximate surface area is 147 Å². The zero-order valence-electron chi connectivity index (χ0n) is 14.9. The van der Waals surface area contributed by atoms with Crippen LogP contribution in [0.5, 0.6) is 11.5 Å². The fraction of sp³-hybridized carbons (Fsp3) is 0.300. The lowest BCUT2D eigenvalue weighted by molar-refractivity contribution is -0.117. The van der Waals surface area contributed by atoms with Crippen molar-refractivity contribution in [3.8, 4) is 11.5 Å². The summed E-state index contributed by atoms with van der Waals surface area (Å²) in [6.45, 7) is 5.52. The molecule has 0 aliphatic carbocycles. The minimum Gasteiger partial charge on any atom is -0.504 e. The predicted octanol–water partition coefficient (Wildman–Crippen LogP) is 3.98. The third kappa shape index (κ3) is 4.38. The van der Waals surface area contributed by atoms with Crippen molar-refractivity contribution >= 4 is 17.4 Å². The van der Waals surface area contributed by atoms with E-state index in [-0.39, 0.29) is 29.3 Å². The first kappa shape index (κ1) is 18.5. The minimum absolute atomic E-state index is 0.0129. The van der Waals surface area contributed by atoms with Gasteiger partial charge in [0.1, 0.15) is 0 Å². The molecule has 1 unspecified atom stereocenters. The zero-order valence-corrected chi connectivity index (χ0v) is 14.9. The van der Waals surface area contributed by atoms with Crippen LogP contribution in [0.15, 0.2) is 42.5 Å². The van der Waals surface area contributed by atoms with Crippen LogP contribution in [0.2, 0.25) is 0 Å². The first-order valence-corrected chi connectivity index (χ1v) is 8.15. The number of Topliss-reactive ketones (excluding diaryl/α,β-unsaturated/α-hetero) is 1. The SMILES string of the molecule is COc1cc(NC(=O)C(C)c2ccc(C(=O)C(C)C)cc2)ccc1O. The maximum Gasteiger partial charge on any atom is 0.231 e. The first-order chi connectivity index (χ1) is 11.8. The van der Waals surface area contributed by atoms with E-state index in [9.17, 15) is 14.7 Å². The van der Waals surface area contributed by atoms with Crippen molar-refractivity contribution in [3.05, 3.63) is 53.6 Å². The molecule has 5 nitrogen and oxygen atoms in total. The topological polar surface area (TPSA) is 75.6 Å². The highest BCUT2D eigenvalue weighted by Gasteiger charge is 2.17. The molecule has 2 N–H and O–H groups in total. The molecule has 5 heteroatoms. The van der Waals surface area contributed by atoms with Crippen LogP contribution in [0.25, 0.3) is 0 Å². The number of ketones is 1. The third-order valence-corrected chi connectivity index (χ3v) is 4.06. The molecule has 2 aromatic rings. The van der Waals surface area contributed by atoms with E-state index in [0.717, 1.165) is 5.56 Å². The number of phenols is 1. The summed E-state index contributed by atoms with van der Waals surface area (Å²) < 4.78 is 5.03. The lowest BCUT2D eigenvalue weighted by atomic mass is 9.95. The van der Waals surface area contributed by atoms with E-state index in [0.29, 0.717) is 17.0 Å². The zero-order chi connectivity index (χ0) is 18.6. The molecule has 0 aliphatic rings. The summed E-state index contributed by atoms with van der Waals surface area (Å²) in [4.78, 5) is 24.4. The average Bonchev–Trinajstić information content (AvgIpc) is 2.62. The van der Waals surface area contributed by atoms with Crippen LogP contribution in [0.1, 0.15) is 42.6 Å². The molecule has 0 radical (unpaired) electrons. The number of carbonyl (C=O) groups is 2. The Morgan fingerprint density at radius 2 is 1.68 bits per heavy atom. The van der Waals surface area contributed by atoms with Crippen LogP contribution in [0, 0.1) is 5.92 Å². The van der Waals surface area contributed by atoms with Crippen molar-refractivity contribution in [2.75, 3.05) is 12.4 Å². The van der Waals surface area contributed by atoms with E-state index >= 15 is 0 Å². The first-order valence-electron chi connectivity index (χ1n) is 8.15. The quantitative estimate of drug-likeness (QED) is 0.615. The molecule has 0 bridgehead atoms. The van der Waals surface area contributed by atoms with Crippen molar-refractivity contribution < 1.29 is 19.4 Å². The van der Waals surface area contributed by atoms with Gasteiger partial charge in [0.25, 0.3) is 0 Å². The van der Waals surface area contributed by atoms with Gasteiger partial charge in [0, 0.05) is 23.2 Å². The van der Waals surface area contributed by atoms with E-state index in [1.165, 1.54) is 13.2 Å². The molecule has 0 heterocycles. The molecule has 2 aromatic carbocycles. The summed E-state index contributed by atoms with van der Waals surface area (Å²) in [7, 11) is 1.45. The molecule has 1 atom stereocenters. The van der Waals surface area contributed by atoms with E-state index in [2.05, 4.69) is 5.32 Å². The monoisotopic (exact) mass is 341 g/mol. The Hall–Kier alpha value is -2.82. The largest absolute Gasteiger partial charge is 0.504 e. The summed E-state index contributed by atoms with van der Waals surface area (Å²) in [6, 6.07) is 11.7. The lowest BCUT2D eigenvalue weighted by Gasteiger charge is -2.14. The number of carbonyl (C=O) groups excluding carboxylic acids is 2. The van der Waals surface area contributed by atoms with Crippen LogP contribution in [0.4, 0.5) is 5.69 Å². The Bertz CT molecular complexity index is 766. The van der Waals surface area contributed by atoms with Crippen LogP contribution >= 0.6 is 0 Å². The maximum atomic E-state index is 12.4. The van der Waals surface area contributed by atoms with Gasteiger partial charge < -0.3 is 15.2 Å². The van der Waals surface area contributed by atoms with Gasteiger partial charge in [-0.3, -0.25) is 9.59 Å². The van der Waals surface area contributed by atoms with Gasteiger partial charge in [-0.25, -0.2) is 0 Å². The summed E-state index contributed by atoms with van der Waals surface area (Å²) in [5.41, 5.74) is 2.01. The second-order valence-corrected chi connectivity index (χ2v) is 6.24. The molecule has 0 aromatic heterocycles. The summed E-state index contributed by atoms with van der Waals surface area (Å²) >= 11 is 0. The normalized spacial score (nSPS) is 11.9. The van der Waals surface area contributed by atoms with Crippen LogP contribution in [-0.4, -0.2) is 23.9 Å². The second kappa shape index (κ2) is 7.83. The highest BCUT2D eigenvalue weighted by atomic mass is 16.5. The maximum absolute atomic E-state index is 12.4. The third-order valence-electron chi connectivity index (χ3n) is 4.06. The highest BCUT2D eigenvalue weighted by Crippen LogP contribution is 2.29. The number of aromatic hydroxyl groups is 1. The van der Waals surface area contributed by atoms with Crippen LogP contribution < -0.4 is 10.1 Å². The number of hydrogen-bond acceptors (Lipinski definition) is 4. The summed E-state index contributed by atoms with van der Waals surface area (Å²) in [5.74, 6) is -0.240. The molecule has 132 valence electrons. The molecule has 25 heavy (non-hydrogen) atoms. The Morgan fingerprint density at radius 3 is 2.24 bits per heavy atom. The van der Waals surface area contributed by atoms with Gasteiger partial charge in [0.2, 0.25) is 5.91 Å². The van der Waals surface area contributed by atoms with Gasteiger partial charge in [0.15, 0.2) is 17.3 Å². The predicted molar refractivity (Wildman–Crippen MR) is 97.3 cm³/mol. The number of phenolic OH excluding ortho intramolecular Hbond substituents is 1. The number of ether oxygens (including phenoxy) is 1. The Balaban J connectivity index is 2.10. The summed E-state index contributed by atoms with van der Waals surface area (Å²) in [6.07, 6.45) is 0. The second-order valence-electron chi connectivity index (χ2n) is 6.24. The molecule has 0 saturated heterocycles. The number of methoxy groups -OCH3 is 1. The van der Waals surface area contributed by atoms with Crippen LogP contribution in [-0.2, 0) is 4.79 Å². The number of nitrogens with one attached hydrogen (secondary N) is 1. The molecule has 2 rings (SSSR count). The smallest absolute Gasteiger partial charge is 0.231 e. The molecule has 0 saturated carbocycles. The standard InChI is InChI=1S/C20H23NO4/c1-12(2)19(23)15-7-5-14(6-8-15)13(3)20(24)21-16-9-10-17(22)18(11-16)25-4/h5-13,22H,1-4H3,(H,21,24). The van der Waals surface area contributed by atoms with Crippen molar-refractivity contribution in [1.29, 1.82) is 0 Å². The van der Waals surface area contributed by atoms with Gasteiger partial charge in [-0.2, -0.15) is 0 Å². The van der Waals surface area contributed by atoms with Gasteiger partial charge in [-0.15, -0.1) is 0 Å². The number of amides is 1. The lowest BCUT2D eigenvalue weighted by Crippen LogP contribution is -2.19. The van der Waals surface area contributed by atoms with Gasteiger partial charge in [-0.1, -0.05) is 38.1 Å². The Morgan fingerprint density at radius 1 is 1.04 bits per heavy atom. The van der Waals surface area contributed by atoms with Crippen LogP contribution in [0.3, 0.4) is 0 Å². The molecule has 0 aliphatic heterocycles. The minimum atomic E-state index is -0.386. The van der Waals surface area contributed by atoms with E-state index in [1.807, 2.05) is 13.8 Å². The van der Waals surface area contributed by atoms with Crippen molar-refractivity contribution in [2.24, 2.45) is 5.92 Å². The molecule has 1 amide bonds. The van der Waals surface area contributed by atoms with Crippen molar-refractivity contribution in [2.45, 2.75) is 26.7 Å². The molecule has 0 spiro atoms. The molecular formula is C20H23NO4. The number of rotatable bonds is 6. The van der Waals surface area contributed by atoms with E-state index in [1.54, 1.807) is 43.3 Å². The van der Waals surface area contributed by atoms with Gasteiger partial charge in [-0.05, 0) is 24.6 Å². The number of hydrogen-bond donors (Lipinski definition) is 2. The van der Waals surface area contributed by atoms with Crippen molar-refractivity contribution in [3.63, 3.8) is 0 Å². The molecule has 0 fully saturated rings. The fourth-order valence-electron chi connectivity index (χ4n) is 2.43. The van der Waals surface area contributed by atoms with Crippen molar-refractivity contribution in [1.82, 2.24) is 0 Å². The number of benzene rings is 2. The highest BCUT2D eigenvalue weighted by molar-refractivity contribution is 5.98. The summed E-state index contributed by atoms with van der Waals surface area (Å²) in [5, 5.41) is 12.4. The van der Waals surface area contributed by atoms with E-state index < -0.39 is 0 Å². The average molecular weight is 341 g/mol. The van der Waals surface area contributed by atoms with Gasteiger partial charge >= 0.3 is 0 Å².